The summed E-state index contributed by atoms with van der Waals surface area (Å²) in [6.07, 6.45) is 0.993. The van der Waals surface area contributed by atoms with E-state index in [0.29, 0.717) is 16.5 Å². The molecule has 1 aromatic heterocycles. The van der Waals surface area contributed by atoms with E-state index >= 15 is 0 Å². The number of aromatic nitrogens is 2. The van der Waals surface area contributed by atoms with Gasteiger partial charge in [-0.15, -0.1) is 17.5 Å². The molecule has 0 spiro atoms. The van der Waals surface area contributed by atoms with Crippen LogP contribution < -0.4 is 16.8 Å². The van der Waals surface area contributed by atoms with Crippen molar-refractivity contribution >= 4 is 29.7 Å². The van der Waals surface area contributed by atoms with E-state index in [1.54, 1.807) is 12.1 Å². The number of aromatic amines is 1. The Morgan fingerprint density at radius 1 is 1.50 bits per heavy atom. The van der Waals surface area contributed by atoms with Crippen LogP contribution in [0.2, 0.25) is 5.02 Å². The number of rotatable bonds is 4. The standard InChI is InChI=1S/C16H21ClN4O2.ClH/c1-8(10-7-13(18)16(10,2)3)19-12-6-9(4-5-11(12)17)14-20-21-15(22)23-14;/h4-6,8,10,13,19H,7,18H2,1-3H3,(H,21,22);1H/t8-,10-,13-;/m0./s1. The van der Waals surface area contributed by atoms with Crippen LogP contribution in [0.3, 0.4) is 0 Å². The van der Waals surface area contributed by atoms with Crippen molar-refractivity contribution < 1.29 is 4.42 Å². The summed E-state index contributed by atoms with van der Waals surface area (Å²) in [6, 6.07) is 5.82. The van der Waals surface area contributed by atoms with Gasteiger partial charge in [-0.05, 0) is 42.9 Å². The third-order valence-corrected chi connectivity index (χ3v) is 5.39. The zero-order chi connectivity index (χ0) is 16.8. The first-order chi connectivity index (χ1) is 10.8. The molecule has 0 bridgehead atoms. The average Bonchev–Trinajstić information content (AvgIpc) is 2.93. The molecule has 0 unspecified atom stereocenters. The van der Waals surface area contributed by atoms with Crippen molar-refractivity contribution in [3.8, 4) is 11.5 Å². The molecule has 8 heteroatoms. The molecule has 4 N–H and O–H groups in total. The number of hydrogen-bond donors (Lipinski definition) is 3. The van der Waals surface area contributed by atoms with E-state index in [9.17, 15) is 4.79 Å². The third kappa shape index (κ3) is 3.31. The highest BCUT2D eigenvalue weighted by atomic mass is 35.5. The van der Waals surface area contributed by atoms with Gasteiger partial charge in [0, 0.05) is 17.6 Å². The number of anilines is 1. The van der Waals surface area contributed by atoms with Crippen molar-refractivity contribution in [2.75, 3.05) is 5.32 Å². The normalized spacial score (nSPS) is 23.0. The van der Waals surface area contributed by atoms with Crippen LogP contribution in [-0.4, -0.2) is 22.3 Å². The van der Waals surface area contributed by atoms with Gasteiger partial charge < -0.3 is 15.5 Å². The van der Waals surface area contributed by atoms with Crippen LogP contribution in [0.1, 0.15) is 27.2 Å². The van der Waals surface area contributed by atoms with Crippen LogP contribution in [0.5, 0.6) is 0 Å². The number of H-pyrrole nitrogens is 1. The fourth-order valence-corrected chi connectivity index (χ4v) is 3.48. The Bertz CT molecular complexity index is 771. The minimum Gasteiger partial charge on any atom is -0.388 e. The molecule has 1 fully saturated rings. The van der Waals surface area contributed by atoms with E-state index in [4.69, 9.17) is 21.8 Å². The predicted octanol–water partition coefficient (Wildman–Crippen LogP) is 3.28. The Balaban J connectivity index is 0.00000208. The monoisotopic (exact) mass is 372 g/mol. The number of nitrogens with two attached hydrogens (primary N) is 1. The third-order valence-electron chi connectivity index (χ3n) is 5.06. The average molecular weight is 373 g/mol. The zero-order valence-electron chi connectivity index (χ0n) is 13.8. The van der Waals surface area contributed by atoms with Crippen LogP contribution >= 0.6 is 24.0 Å². The lowest BCUT2D eigenvalue weighted by Crippen LogP contribution is -2.59. The Labute approximate surface area is 151 Å². The summed E-state index contributed by atoms with van der Waals surface area (Å²) in [7, 11) is 0. The number of nitrogens with zero attached hydrogens (tertiary/aromatic N) is 1. The van der Waals surface area contributed by atoms with Gasteiger partial charge in [0.25, 0.3) is 0 Å². The summed E-state index contributed by atoms with van der Waals surface area (Å²) in [4.78, 5) is 11.1. The summed E-state index contributed by atoms with van der Waals surface area (Å²) in [5.74, 6) is 0.136. The van der Waals surface area contributed by atoms with Gasteiger partial charge in [0.05, 0.1) is 10.7 Å². The lowest BCUT2D eigenvalue weighted by molar-refractivity contribution is 0.0272. The van der Waals surface area contributed by atoms with E-state index in [2.05, 4.69) is 36.3 Å². The Hall–Kier alpha value is -1.50. The number of benzene rings is 1. The molecule has 1 aliphatic rings. The maximum absolute atomic E-state index is 11.1. The van der Waals surface area contributed by atoms with Gasteiger partial charge in [-0.25, -0.2) is 9.89 Å². The van der Waals surface area contributed by atoms with Crippen LogP contribution in [0.4, 0.5) is 5.69 Å². The first-order valence-corrected chi connectivity index (χ1v) is 8.04. The highest BCUT2D eigenvalue weighted by Gasteiger charge is 2.48. The lowest BCUT2D eigenvalue weighted by atomic mass is 9.56. The summed E-state index contributed by atoms with van der Waals surface area (Å²) in [5, 5.41) is 10.2. The molecule has 0 saturated heterocycles. The molecular formula is C16H22Cl2N4O2. The molecule has 24 heavy (non-hydrogen) atoms. The summed E-state index contributed by atoms with van der Waals surface area (Å²) in [6.45, 7) is 6.52. The van der Waals surface area contributed by atoms with E-state index in [-0.39, 0.29) is 35.8 Å². The highest BCUT2D eigenvalue weighted by molar-refractivity contribution is 6.33. The van der Waals surface area contributed by atoms with Gasteiger partial charge in [0.1, 0.15) is 0 Å². The fourth-order valence-electron chi connectivity index (χ4n) is 3.31. The van der Waals surface area contributed by atoms with Crippen molar-refractivity contribution in [2.24, 2.45) is 17.1 Å². The van der Waals surface area contributed by atoms with Crippen LogP contribution in [0.25, 0.3) is 11.5 Å². The van der Waals surface area contributed by atoms with E-state index in [1.165, 1.54) is 0 Å². The van der Waals surface area contributed by atoms with Crippen LogP contribution in [-0.2, 0) is 0 Å². The number of halogens is 2. The van der Waals surface area contributed by atoms with Gasteiger partial charge in [0.15, 0.2) is 0 Å². The number of hydrogen-bond acceptors (Lipinski definition) is 5. The zero-order valence-corrected chi connectivity index (χ0v) is 15.4. The maximum Gasteiger partial charge on any atom is 0.434 e. The van der Waals surface area contributed by atoms with Crippen molar-refractivity contribution in [1.29, 1.82) is 0 Å². The Morgan fingerprint density at radius 3 is 2.75 bits per heavy atom. The molecule has 0 radical (unpaired) electrons. The molecule has 0 aliphatic heterocycles. The number of nitrogens with one attached hydrogen (secondary N) is 2. The summed E-state index contributed by atoms with van der Waals surface area (Å²) >= 11 is 6.29. The molecular weight excluding hydrogens is 351 g/mol. The maximum atomic E-state index is 11.1. The molecule has 3 atom stereocenters. The van der Waals surface area contributed by atoms with Gasteiger partial charge in [-0.3, -0.25) is 0 Å². The molecule has 1 heterocycles. The fraction of sp³-hybridized carbons (Fsp3) is 0.500. The topological polar surface area (TPSA) is 96.9 Å². The first-order valence-electron chi connectivity index (χ1n) is 7.66. The van der Waals surface area contributed by atoms with E-state index in [0.717, 1.165) is 12.1 Å². The summed E-state index contributed by atoms with van der Waals surface area (Å²) in [5.41, 5.74) is 7.68. The molecule has 3 rings (SSSR count). The molecule has 1 saturated carbocycles. The van der Waals surface area contributed by atoms with Gasteiger partial charge in [-0.2, -0.15) is 0 Å². The van der Waals surface area contributed by atoms with Crippen molar-refractivity contribution in [3.05, 3.63) is 33.8 Å². The predicted molar refractivity (Wildman–Crippen MR) is 97.8 cm³/mol. The largest absolute Gasteiger partial charge is 0.434 e. The molecule has 6 nitrogen and oxygen atoms in total. The Morgan fingerprint density at radius 2 is 2.21 bits per heavy atom. The molecule has 132 valence electrons. The van der Waals surface area contributed by atoms with Gasteiger partial charge >= 0.3 is 5.76 Å². The second-order valence-electron chi connectivity index (χ2n) is 6.82. The second-order valence-corrected chi connectivity index (χ2v) is 7.22. The molecule has 0 amide bonds. The van der Waals surface area contributed by atoms with Crippen molar-refractivity contribution in [3.63, 3.8) is 0 Å². The van der Waals surface area contributed by atoms with Gasteiger partial charge in [0.2, 0.25) is 5.89 Å². The van der Waals surface area contributed by atoms with Gasteiger partial charge in [-0.1, -0.05) is 25.4 Å². The van der Waals surface area contributed by atoms with E-state index in [1.807, 2.05) is 6.07 Å². The van der Waals surface area contributed by atoms with E-state index < -0.39 is 5.76 Å². The molecule has 1 aromatic carbocycles. The lowest BCUT2D eigenvalue weighted by Gasteiger charge is -2.53. The molecule has 2 aromatic rings. The highest BCUT2D eigenvalue weighted by Crippen LogP contribution is 2.47. The SMILES string of the molecule is C[C@H](Nc1cc(-c2n[nH]c(=O)o2)ccc1Cl)[C@@H]1C[C@H](N)C1(C)C.Cl. The summed E-state index contributed by atoms with van der Waals surface area (Å²) < 4.78 is 4.99. The van der Waals surface area contributed by atoms with Crippen molar-refractivity contribution in [1.82, 2.24) is 10.2 Å². The minimum atomic E-state index is -0.581. The minimum absolute atomic E-state index is 0. The smallest absolute Gasteiger partial charge is 0.388 e. The molecule has 1 aliphatic carbocycles. The van der Waals surface area contributed by atoms with Crippen LogP contribution in [0, 0.1) is 11.3 Å². The Kier molecular flexibility index (Phi) is 5.32. The van der Waals surface area contributed by atoms with Crippen molar-refractivity contribution in [2.45, 2.75) is 39.3 Å². The second kappa shape index (κ2) is 6.78. The van der Waals surface area contributed by atoms with Crippen LogP contribution in [0.15, 0.2) is 27.4 Å². The first kappa shape index (κ1) is 18.8. The quantitative estimate of drug-likeness (QED) is 0.764.